The summed E-state index contributed by atoms with van der Waals surface area (Å²) in [5, 5.41) is 0. The predicted octanol–water partition coefficient (Wildman–Crippen LogP) is 1.74. The Kier molecular flexibility index (Phi) is 4.69. The maximum atomic E-state index is 12.5. The lowest BCUT2D eigenvalue weighted by Crippen LogP contribution is -2.38. The van der Waals surface area contributed by atoms with Gasteiger partial charge in [0.25, 0.3) is 11.8 Å². The molecule has 25 heavy (non-hydrogen) atoms. The maximum Gasteiger partial charge on any atom is 0.261 e. The minimum absolute atomic E-state index is 0.159. The summed E-state index contributed by atoms with van der Waals surface area (Å²) in [5.74, 6) is -1.19. The normalized spacial score (nSPS) is 14.2. The van der Waals surface area contributed by atoms with Crippen molar-refractivity contribution in [1.82, 2.24) is 9.21 Å². The SMILES string of the molecule is CN(Cc1ccccc1)S(=O)(=O)CCN1C(=O)c2ccccc2C1=O. The number of hydrogen-bond donors (Lipinski definition) is 0. The van der Waals surface area contributed by atoms with Gasteiger partial charge in [0.1, 0.15) is 0 Å². The van der Waals surface area contributed by atoms with Crippen molar-refractivity contribution in [1.29, 1.82) is 0 Å². The Labute approximate surface area is 146 Å². The van der Waals surface area contributed by atoms with Gasteiger partial charge in [-0.3, -0.25) is 14.5 Å². The molecule has 0 saturated heterocycles. The highest BCUT2D eigenvalue weighted by Gasteiger charge is 2.35. The number of fused-ring (bicyclic) bond motifs is 1. The second kappa shape index (κ2) is 6.78. The van der Waals surface area contributed by atoms with E-state index in [1.165, 1.54) is 11.4 Å². The van der Waals surface area contributed by atoms with Crippen molar-refractivity contribution in [2.24, 2.45) is 0 Å². The molecule has 1 heterocycles. The van der Waals surface area contributed by atoms with Crippen molar-refractivity contribution in [3.8, 4) is 0 Å². The first-order valence-electron chi connectivity index (χ1n) is 7.83. The van der Waals surface area contributed by atoms with Crippen molar-refractivity contribution in [3.63, 3.8) is 0 Å². The quantitative estimate of drug-likeness (QED) is 0.737. The number of benzene rings is 2. The summed E-state index contributed by atoms with van der Waals surface area (Å²) >= 11 is 0. The van der Waals surface area contributed by atoms with E-state index in [0.29, 0.717) is 11.1 Å². The van der Waals surface area contributed by atoms with Gasteiger partial charge in [-0.25, -0.2) is 12.7 Å². The molecule has 0 saturated carbocycles. The molecule has 2 aromatic rings. The molecule has 2 aromatic carbocycles. The summed E-state index contributed by atoms with van der Waals surface area (Å²) in [6.07, 6.45) is 0. The van der Waals surface area contributed by atoms with Gasteiger partial charge < -0.3 is 0 Å². The van der Waals surface area contributed by atoms with Crippen molar-refractivity contribution < 1.29 is 18.0 Å². The zero-order chi connectivity index (χ0) is 18.0. The Morgan fingerprint density at radius 2 is 1.40 bits per heavy atom. The zero-order valence-corrected chi connectivity index (χ0v) is 14.6. The molecule has 6 nitrogen and oxygen atoms in total. The average molecular weight is 358 g/mol. The number of sulfonamides is 1. The Hall–Kier alpha value is -2.51. The Bertz CT molecular complexity index is 875. The van der Waals surface area contributed by atoms with Crippen molar-refractivity contribution >= 4 is 21.8 Å². The highest BCUT2D eigenvalue weighted by molar-refractivity contribution is 7.89. The maximum absolute atomic E-state index is 12.5. The van der Waals surface area contributed by atoms with Crippen molar-refractivity contribution in [2.75, 3.05) is 19.3 Å². The van der Waals surface area contributed by atoms with E-state index in [0.717, 1.165) is 10.5 Å². The van der Waals surface area contributed by atoms with Crippen LogP contribution in [0.3, 0.4) is 0 Å². The van der Waals surface area contributed by atoms with E-state index in [-0.39, 0.29) is 18.8 Å². The number of amides is 2. The number of nitrogens with zero attached hydrogens (tertiary/aromatic N) is 2. The van der Waals surface area contributed by atoms with Gasteiger partial charge in [0.2, 0.25) is 10.0 Å². The zero-order valence-electron chi connectivity index (χ0n) is 13.8. The second-order valence-electron chi connectivity index (χ2n) is 5.87. The number of rotatable bonds is 6. The summed E-state index contributed by atoms with van der Waals surface area (Å²) in [6.45, 7) is 0.0824. The van der Waals surface area contributed by atoms with Gasteiger partial charge in [0.15, 0.2) is 0 Å². The smallest absolute Gasteiger partial charge is 0.261 e. The van der Waals surface area contributed by atoms with Gasteiger partial charge in [-0.1, -0.05) is 42.5 Å². The van der Waals surface area contributed by atoms with Gasteiger partial charge in [0.05, 0.1) is 16.9 Å². The van der Waals surface area contributed by atoms with E-state index in [1.807, 2.05) is 30.3 Å². The van der Waals surface area contributed by atoms with Crippen LogP contribution in [0, 0.1) is 0 Å². The monoisotopic (exact) mass is 358 g/mol. The van der Waals surface area contributed by atoms with Crippen LogP contribution in [0.1, 0.15) is 26.3 Å². The molecule has 1 aliphatic rings. The molecule has 0 aromatic heterocycles. The number of hydrogen-bond acceptors (Lipinski definition) is 4. The molecule has 0 N–H and O–H groups in total. The predicted molar refractivity (Wildman–Crippen MR) is 93.5 cm³/mol. The van der Waals surface area contributed by atoms with Crippen LogP contribution in [0.2, 0.25) is 0 Å². The summed E-state index contributed by atoms with van der Waals surface area (Å²) in [7, 11) is -2.10. The van der Waals surface area contributed by atoms with E-state index < -0.39 is 21.8 Å². The van der Waals surface area contributed by atoms with Crippen LogP contribution < -0.4 is 0 Å². The minimum Gasteiger partial charge on any atom is -0.273 e. The Balaban J connectivity index is 1.67. The minimum atomic E-state index is -3.59. The first-order valence-corrected chi connectivity index (χ1v) is 9.44. The van der Waals surface area contributed by atoms with Crippen LogP contribution in [-0.2, 0) is 16.6 Å². The average Bonchev–Trinajstić information content (AvgIpc) is 2.85. The first-order chi connectivity index (χ1) is 11.9. The van der Waals surface area contributed by atoms with Crippen molar-refractivity contribution in [3.05, 3.63) is 71.3 Å². The fraction of sp³-hybridized carbons (Fsp3) is 0.222. The summed E-state index contributed by atoms with van der Waals surface area (Å²) in [5.41, 5.74) is 1.51. The molecule has 130 valence electrons. The number of carbonyl (C=O) groups is 2. The Morgan fingerprint density at radius 3 is 1.96 bits per heavy atom. The standard InChI is InChI=1S/C18H18N2O4S/c1-19(13-14-7-3-2-4-8-14)25(23,24)12-11-20-17(21)15-9-5-6-10-16(15)18(20)22/h2-10H,11-13H2,1H3. The molecule has 0 bridgehead atoms. The van der Waals surface area contributed by atoms with Gasteiger partial charge in [-0.2, -0.15) is 0 Å². The van der Waals surface area contributed by atoms with E-state index in [1.54, 1.807) is 24.3 Å². The van der Waals surface area contributed by atoms with Crippen molar-refractivity contribution in [2.45, 2.75) is 6.54 Å². The molecule has 3 rings (SSSR count). The molecule has 7 heteroatoms. The first kappa shape index (κ1) is 17.3. The lowest BCUT2D eigenvalue weighted by molar-refractivity contribution is 0.0664. The molecule has 0 atom stereocenters. The fourth-order valence-electron chi connectivity index (χ4n) is 2.74. The summed E-state index contributed by atoms with van der Waals surface area (Å²) in [6, 6.07) is 15.7. The molecular formula is C18H18N2O4S. The Morgan fingerprint density at radius 1 is 0.880 bits per heavy atom. The van der Waals surface area contributed by atoms with E-state index in [2.05, 4.69) is 0 Å². The summed E-state index contributed by atoms with van der Waals surface area (Å²) < 4.78 is 26.1. The lowest BCUT2D eigenvalue weighted by atomic mass is 10.1. The second-order valence-corrected chi connectivity index (χ2v) is 8.06. The molecule has 0 aliphatic carbocycles. The van der Waals surface area contributed by atoms with Gasteiger partial charge in [-0.05, 0) is 17.7 Å². The van der Waals surface area contributed by atoms with Crippen LogP contribution >= 0.6 is 0 Å². The van der Waals surface area contributed by atoms with Gasteiger partial charge in [0, 0.05) is 20.1 Å². The van der Waals surface area contributed by atoms with Crippen LogP contribution in [0.15, 0.2) is 54.6 Å². The van der Waals surface area contributed by atoms with Gasteiger partial charge >= 0.3 is 0 Å². The highest BCUT2D eigenvalue weighted by atomic mass is 32.2. The molecule has 1 aliphatic heterocycles. The van der Waals surface area contributed by atoms with Gasteiger partial charge in [-0.15, -0.1) is 0 Å². The molecule has 2 amide bonds. The van der Waals surface area contributed by atoms with Crippen LogP contribution in [0.25, 0.3) is 0 Å². The molecule has 0 radical (unpaired) electrons. The van der Waals surface area contributed by atoms with Crippen LogP contribution in [0.4, 0.5) is 0 Å². The third-order valence-electron chi connectivity index (χ3n) is 4.17. The van der Waals surface area contributed by atoms with E-state index in [4.69, 9.17) is 0 Å². The third kappa shape index (κ3) is 3.47. The van der Waals surface area contributed by atoms with E-state index >= 15 is 0 Å². The molecule has 0 spiro atoms. The summed E-state index contributed by atoms with van der Waals surface area (Å²) in [4.78, 5) is 25.6. The molecule has 0 fully saturated rings. The topological polar surface area (TPSA) is 74.8 Å². The third-order valence-corrected chi connectivity index (χ3v) is 5.95. The lowest BCUT2D eigenvalue weighted by Gasteiger charge is -2.19. The van der Waals surface area contributed by atoms with Crippen LogP contribution in [-0.4, -0.2) is 48.8 Å². The van der Waals surface area contributed by atoms with E-state index in [9.17, 15) is 18.0 Å². The largest absolute Gasteiger partial charge is 0.273 e. The van der Waals surface area contributed by atoms with Crippen LogP contribution in [0.5, 0.6) is 0 Å². The highest BCUT2D eigenvalue weighted by Crippen LogP contribution is 2.22. The number of imide groups is 1. The molecule has 0 unspecified atom stereocenters. The molecular weight excluding hydrogens is 340 g/mol. The fourth-order valence-corrected chi connectivity index (χ4v) is 3.81. The number of carbonyl (C=O) groups excluding carboxylic acids is 2.